The second-order valence-corrected chi connectivity index (χ2v) is 6.20. The van der Waals surface area contributed by atoms with E-state index in [0.29, 0.717) is 17.1 Å². The number of hydrogen-bond acceptors (Lipinski definition) is 5. The normalized spacial score (nSPS) is 10.9. The van der Waals surface area contributed by atoms with Crippen molar-refractivity contribution in [3.05, 3.63) is 59.7 Å². The highest BCUT2D eigenvalue weighted by atomic mass is 16.5. The van der Waals surface area contributed by atoms with Crippen LogP contribution in [0.2, 0.25) is 0 Å². The van der Waals surface area contributed by atoms with Gasteiger partial charge >= 0.3 is 5.97 Å². The lowest BCUT2D eigenvalue weighted by Crippen LogP contribution is -2.14. The van der Waals surface area contributed by atoms with Crippen LogP contribution in [0.15, 0.2) is 42.7 Å². The predicted octanol–water partition coefficient (Wildman–Crippen LogP) is 3.53. The summed E-state index contributed by atoms with van der Waals surface area (Å²) in [6.45, 7) is 5.92. The molecular formula is C19H20N4O2. The number of carbonyl (C=O) groups excluding carboxylic acids is 1. The van der Waals surface area contributed by atoms with Crippen LogP contribution in [-0.2, 0) is 7.05 Å². The van der Waals surface area contributed by atoms with Crippen molar-refractivity contribution in [1.29, 1.82) is 0 Å². The monoisotopic (exact) mass is 336 g/mol. The molecule has 0 unspecified atom stereocenters. The lowest BCUT2D eigenvalue weighted by molar-refractivity contribution is 0.0732. The molecule has 128 valence electrons. The summed E-state index contributed by atoms with van der Waals surface area (Å²) < 4.78 is 7.14. The molecule has 1 aromatic carbocycles. The molecule has 0 aliphatic heterocycles. The van der Waals surface area contributed by atoms with Gasteiger partial charge in [-0.1, -0.05) is 13.8 Å². The molecule has 0 bridgehead atoms. The molecule has 0 N–H and O–H groups in total. The zero-order chi connectivity index (χ0) is 18.0. The number of benzene rings is 1. The minimum Gasteiger partial charge on any atom is -0.423 e. The summed E-state index contributed by atoms with van der Waals surface area (Å²) in [7, 11) is 1.81. The van der Waals surface area contributed by atoms with Gasteiger partial charge in [-0.2, -0.15) is 5.10 Å². The van der Waals surface area contributed by atoms with Gasteiger partial charge in [0.25, 0.3) is 0 Å². The van der Waals surface area contributed by atoms with E-state index in [2.05, 4.69) is 15.1 Å². The molecule has 3 aromatic rings. The third kappa shape index (κ3) is 3.74. The first kappa shape index (κ1) is 16.8. The molecule has 0 spiro atoms. The summed E-state index contributed by atoms with van der Waals surface area (Å²) in [6, 6.07) is 10.7. The second-order valence-electron chi connectivity index (χ2n) is 6.20. The van der Waals surface area contributed by atoms with Crippen molar-refractivity contribution in [2.45, 2.75) is 26.7 Å². The molecule has 3 rings (SSSR count). The highest BCUT2D eigenvalue weighted by Crippen LogP contribution is 2.22. The minimum atomic E-state index is -0.403. The van der Waals surface area contributed by atoms with E-state index >= 15 is 0 Å². The van der Waals surface area contributed by atoms with Crippen LogP contribution in [-0.4, -0.2) is 25.7 Å². The van der Waals surface area contributed by atoms with Gasteiger partial charge in [0.1, 0.15) is 12.1 Å². The zero-order valence-corrected chi connectivity index (χ0v) is 14.7. The van der Waals surface area contributed by atoms with Crippen LogP contribution in [0, 0.1) is 6.92 Å². The maximum Gasteiger partial charge on any atom is 0.345 e. The molecular weight excluding hydrogens is 316 g/mol. The Morgan fingerprint density at radius 3 is 2.44 bits per heavy atom. The van der Waals surface area contributed by atoms with Gasteiger partial charge in [-0.25, -0.2) is 9.78 Å². The highest BCUT2D eigenvalue weighted by molar-refractivity contribution is 5.92. The lowest BCUT2D eigenvalue weighted by atomic mass is 10.0. The third-order valence-corrected chi connectivity index (χ3v) is 3.75. The Balaban J connectivity index is 1.80. The fourth-order valence-electron chi connectivity index (χ4n) is 2.50. The van der Waals surface area contributed by atoms with Gasteiger partial charge in [0, 0.05) is 18.3 Å². The summed E-state index contributed by atoms with van der Waals surface area (Å²) in [6.07, 6.45) is 1.64. The molecule has 25 heavy (non-hydrogen) atoms. The average Bonchev–Trinajstić information content (AvgIpc) is 3.01. The molecule has 0 aliphatic carbocycles. The first-order chi connectivity index (χ1) is 11.9. The average molecular weight is 336 g/mol. The van der Waals surface area contributed by atoms with Crippen LogP contribution in [0.4, 0.5) is 0 Å². The standard InChI is InChI=1S/C19H20N4O2/c1-12(2)17-16(10-5-13(3)21-17)19(24)25-15-8-6-14(7-9-15)18-20-11-23(4)22-18/h5-12H,1-4H3. The number of rotatable bonds is 4. The first-order valence-corrected chi connectivity index (χ1v) is 8.10. The summed E-state index contributed by atoms with van der Waals surface area (Å²) in [5, 5.41) is 4.25. The van der Waals surface area contributed by atoms with E-state index in [1.165, 1.54) is 0 Å². The van der Waals surface area contributed by atoms with Crippen molar-refractivity contribution in [2.24, 2.45) is 7.05 Å². The van der Waals surface area contributed by atoms with Gasteiger partial charge in [0.2, 0.25) is 0 Å². The molecule has 0 saturated carbocycles. The Hall–Kier alpha value is -3.02. The Morgan fingerprint density at radius 1 is 1.12 bits per heavy atom. The second kappa shape index (κ2) is 6.84. The fraction of sp³-hybridized carbons (Fsp3) is 0.263. The molecule has 6 nitrogen and oxygen atoms in total. The number of aryl methyl sites for hydroxylation is 2. The number of carbonyl (C=O) groups is 1. The maximum atomic E-state index is 12.5. The highest BCUT2D eigenvalue weighted by Gasteiger charge is 2.17. The molecule has 6 heteroatoms. The van der Waals surface area contributed by atoms with Gasteiger partial charge in [0.15, 0.2) is 5.82 Å². The number of ether oxygens (including phenoxy) is 1. The molecule has 0 saturated heterocycles. The van der Waals surface area contributed by atoms with Crippen molar-refractivity contribution in [2.75, 3.05) is 0 Å². The zero-order valence-electron chi connectivity index (χ0n) is 14.7. The van der Waals surface area contributed by atoms with E-state index in [0.717, 1.165) is 17.0 Å². The van der Waals surface area contributed by atoms with Gasteiger partial charge in [-0.15, -0.1) is 0 Å². The van der Waals surface area contributed by atoms with E-state index in [1.807, 2.05) is 46.0 Å². The number of hydrogen-bond donors (Lipinski definition) is 0. The molecule has 0 aliphatic rings. The van der Waals surface area contributed by atoms with Crippen molar-refractivity contribution >= 4 is 5.97 Å². The molecule has 2 heterocycles. The Kier molecular flexibility index (Phi) is 4.61. The third-order valence-electron chi connectivity index (χ3n) is 3.75. The molecule has 0 atom stereocenters. The molecule has 0 radical (unpaired) electrons. The van der Waals surface area contributed by atoms with Crippen LogP contribution in [0.5, 0.6) is 5.75 Å². The summed E-state index contributed by atoms with van der Waals surface area (Å²) in [4.78, 5) is 21.2. The topological polar surface area (TPSA) is 69.9 Å². The van der Waals surface area contributed by atoms with Crippen LogP contribution < -0.4 is 4.74 Å². The van der Waals surface area contributed by atoms with Crippen LogP contribution in [0.25, 0.3) is 11.4 Å². The molecule has 0 amide bonds. The van der Waals surface area contributed by atoms with Crippen LogP contribution in [0.3, 0.4) is 0 Å². The SMILES string of the molecule is Cc1ccc(C(=O)Oc2ccc(-c3ncn(C)n3)cc2)c(C(C)C)n1. The lowest BCUT2D eigenvalue weighted by Gasteiger charge is -2.12. The van der Waals surface area contributed by atoms with E-state index in [9.17, 15) is 4.79 Å². The van der Waals surface area contributed by atoms with Gasteiger partial charge < -0.3 is 4.74 Å². The van der Waals surface area contributed by atoms with Crippen molar-refractivity contribution in [1.82, 2.24) is 19.7 Å². The van der Waals surface area contributed by atoms with Crippen LogP contribution in [0.1, 0.15) is 41.5 Å². The van der Waals surface area contributed by atoms with E-state index in [1.54, 1.807) is 29.2 Å². The Morgan fingerprint density at radius 2 is 1.84 bits per heavy atom. The predicted molar refractivity (Wildman–Crippen MR) is 94.5 cm³/mol. The van der Waals surface area contributed by atoms with E-state index in [-0.39, 0.29) is 5.92 Å². The van der Waals surface area contributed by atoms with Gasteiger partial charge in [0.05, 0.1) is 11.3 Å². The minimum absolute atomic E-state index is 0.139. The summed E-state index contributed by atoms with van der Waals surface area (Å²) in [5.41, 5.74) is 2.99. The maximum absolute atomic E-state index is 12.5. The van der Waals surface area contributed by atoms with Crippen molar-refractivity contribution < 1.29 is 9.53 Å². The smallest absolute Gasteiger partial charge is 0.345 e. The quantitative estimate of drug-likeness (QED) is 0.538. The Labute approximate surface area is 146 Å². The number of aromatic nitrogens is 4. The van der Waals surface area contributed by atoms with Gasteiger partial charge in [-0.05, 0) is 49.2 Å². The molecule has 0 fully saturated rings. The van der Waals surface area contributed by atoms with Crippen molar-refractivity contribution in [3.63, 3.8) is 0 Å². The van der Waals surface area contributed by atoms with Gasteiger partial charge in [-0.3, -0.25) is 9.67 Å². The first-order valence-electron chi connectivity index (χ1n) is 8.10. The van der Waals surface area contributed by atoms with Crippen molar-refractivity contribution in [3.8, 4) is 17.1 Å². The largest absolute Gasteiger partial charge is 0.423 e. The van der Waals surface area contributed by atoms with Crippen LogP contribution >= 0.6 is 0 Å². The summed E-state index contributed by atoms with van der Waals surface area (Å²) in [5.74, 6) is 0.838. The summed E-state index contributed by atoms with van der Waals surface area (Å²) >= 11 is 0. The Bertz CT molecular complexity index is 898. The fourth-order valence-corrected chi connectivity index (χ4v) is 2.50. The van der Waals surface area contributed by atoms with E-state index in [4.69, 9.17) is 4.74 Å². The number of esters is 1. The van der Waals surface area contributed by atoms with E-state index < -0.39 is 5.97 Å². The number of pyridine rings is 1. The number of nitrogens with zero attached hydrogens (tertiary/aromatic N) is 4. The molecule has 2 aromatic heterocycles.